The van der Waals surface area contributed by atoms with E-state index in [1.54, 1.807) is 0 Å². The zero-order valence-electron chi connectivity index (χ0n) is 36.9. The van der Waals surface area contributed by atoms with Crippen LogP contribution < -0.4 is 4.90 Å². The highest BCUT2D eigenvalue weighted by molar-refractivity contribution is 7.25. The number of nitrogens with zero attached hydrogens (tertiary/aromatic N) is 1. The van der Waals surface area contributed by atoms with Gasteiger partial charge in [-0.05, 0) is 98.4 Å². The van der Waals surface area contributed by atoms with Crippen molar-refractivity contribution in [3.63, 3.8) is 0 Å². The lowest BCUT2D eigenvalue weighted by Crippen LogP contribution is -2.28. The molecule has 1 aliphatic rings. The molecule has 0 aliphatic heterocycles. The van der Waals surface area contributed by atoms with Gasteiger partial charge in [-0.2, -0.15) is 0 Å². The lowest BCUT2D eigenvalue weighted by atomic mass is 9.68. The van der Waals surface area contributed by atoms with E-state index in [1.807, 2.05) is 11.3 Å². The van der Waals surface area contributed by atoms with Crippen molar-refractivity contribution in [1.82, 2.24) is 0 Å². The van der Waals surface area contributed by atoms with Gasteiger partial charge in [0.05, 0.1) is 16.8 Å². The number of anilines is 3. The van der Waals surface area contributed by atoms with Crippen molar-refractivity contribution in [3.8, 4) is 33.4 Å². The van der Waals surface area contributed by atoms with Crippen LogP contribution in [0, 0.1) is 0 Å². The molecule has 0 atom stereocenters. The zero-order chi connectivity index (χ0) is 44.8. The second-order valence-corrected chi connectivity index (χ2v) is 19.0. The number of para-hydroxylation sites is 1. The first-order valence-corrected chi connectivity index (χ1v) is 24.1. The topological polar surface area (TPSA) is 16.4 Å². The molecule has 14 rings (SSSR count). The summed E-state index contributed by atoms with van der Waals surface area (Å²) in [6, 6.07) is 91.4. The SMILES string of the molecule is c1ccc(C2(c3ccccc3)c3ccccc3-c3c(N(c4ccc(-c5ccc6c(c5)sc5ccccc56)cc4)c4ccccc4-c4cccc5oc6c7ccccc7ccc6c45)cccc32)cc1. The fraction of sp³-hybridized carbons (Fsp3) is 0.0154. The molecule has 0 N–H and O–H groups in total. The van der Waals surface area contributed by atoms with Gasteiger partial charge in [0, 0.05) is 53.1 Å². The predicted molar refractivity (Wildman–Crippen MR) is 287 cm³/mol. The fourth-order valence-corrected chi connectivity index (χ4v) is 12.6. The van der Waals surface area contributed by atoms with Gasteiger partial charge in [-0.15, -0.1) is 11.3 Å². The third-order valence-corrected chi connectivity index (χ3v) is 15.5. The minimum absolute atomic E-state index is 0.547. The third-order valence-electron chi connectivity index (χ3n) is 14.4. The molecule has 0 bridgehead atoms. The summed E-state index contributed by atoms with van der Waals surface area (Å²) in [4.78, 5) is 2.51. The lowest BCUT2D eigenvalue weighted by molar-refractivity contribution is 0.673. The van der Waals surface area contributed by atoms with E-state index < -0.39 is 5.41 Å². The number of fused-ring (bicyclic) bond motifs is 11. The van der Waals surface area contributed by atoms with Gasteiger partial charge in [0.25, 0.3) is 0 Å². The van der Waals surface area contributed by atoms with Crippen molar-refractivity contribution < 1.29 is 4.42 Å². The van der Waals surface area contributed by atoms with E-state index in [0.29, 0.717) is 0 Å². The molecule has 0 unspecified atom stereocenters. The Morgan fingerprint density at radius 1 is 0.382 bits per heavy atom. The average molecular weight is 884 g/mol. The predicted octanol–water partition coefficient (Wildman–Crippen LogP) is 18.3. The van der Waals surface area contributed by atoms with E-state index in [1.165, 1.54) is 70.1 Å². The Bertz CT molecular complexity index is 4050. The summed E-state index contributed by atoms with van der Waals surface area (Å²) in [7, 11) is 0. The molecule has 1 aliphatic carbocycles. The number of benzene rings is 11. The molecule has 2 heterocycles. The Balaban J connectivity index is 1.02. The van der Waals surface area contributed by atoms with Gasteiger partial charge in [0.1, 0.15) is 11.2 Å². The Hall–Kier alpha value is -8.50. The quantitative estimate of drug-likeness (QED) is 0.159. The number of thiophene rings is 1. The van der Waals surface area contributed by atoms with E-state index in [2.05, 4.69) is 254 Å². The first kappa shape index (κ1) is 38.7. The molecule has 2 nitrogen and oxygen atoms in total. The molecule has 0 radical (unpaired) electrons. The van der Waals surface area contributed by atoms with Crippen LogP contribution in [0.3, 0.4) is 0 Å². The molecule has 0 saturated heterocycles. The summed E-state index contributed by atoms with van der Waals surface area (Å²) in [5, 5.41) is 7.13. The normalized spacial score (nSPS) is 12.8. The number of hydrogen-bond donors (Lipinski definition) is 0. The third kappa shape index (κ3) is 5.70. The van der Waals surface area contributed by atoms with E-state index in [4.69, 9.17) is 4.42 Å². The van der Waals surface area contributed by atoms with E-state index in [0.717, 1.165) is 55.5 Å². The van der Waals surface area contributed by atoms with Gasteiger partial charge in [-0.25, -0.2) is 0 Å². The lowest BCUT2D eigenvalue weighted by Gasteiger charge is -2.34. The van der Waals surface area contributed by atoms with Crippen LogP contribution in [0.2, 0.25) is 0 Å². The fourth-order valence-electron chi connectivity index (χ4n) is 11.5. The standard InChI is InChI=1S/C65H41NOS/c1-3-18-45(19-4-1)65(46-20-5-2-6-21-46)55-27-12-9-25-53(55)63-56(65)28-16-30-58(63)66(47-37-33-42(34-38-47)44-36-39-51-50-24-11-14-32-60(50)68-61(51)41-44)57-29-13-10-23-49(57)52-26-15-31-59-62(52)54-40-35-43-17-7-8-22-48(43)64(54)67-59/h1-41H. The maximum Gasteiger partial charge on any atom is 0.143 e. The van der Waals surface area contributed by atoms with Crippen LogP contribution in [0.15, 0.2) is 253 Å². The van der Waals surface area contributed by atoms with E-state index >= 15 is 0 Å². The van der Waals surface area contributed by atoms with Crippen LogP contribution in [0.4, 0.5) is 17.1 Å². The van der Waals surface area contributed by atoms with Crippen LogP contribution in [0.5, 0.6) is 0 Å². The first-order chi connectivity index (χ1) is 33.7. The number of hydrogen-bond acceptors (Lipinski definition) is 3. The Morgan fingerprint density at radius 3 is 1.81 bits per heavy atom. The Kier molecular flexibility index (Phi) is 8.71. The van der Waals surface area contributed by atoms with Gasteiger partial charge in [-0.1, -0.05) is 200 Å². The summed E-state index contributed by atoms with van der Waals surface area (Å²) < 4.78 is 9.41. The van der Waals surface area contributed by atoms with Gasteiger partial charge >= 0.3 is 0 Å². The highest BCUT2D eigenvalue weighted by Gasteiger charge is 2.47. The van der Waals surface area contributed by atoms with Crippen LogP contribution in [0.1, 0.15) is 22.3 Å². The number of rotatable bonds is 7. The van der Waals surface area contributed by atoms with Crippen LogP contribution in [0.25, 0.3) is 86.3 Å². The molecule has 318 valence electrons. The molecular formula is C65H41NOS. The minimum atomic E-state index is -0.547. The first-order valence-electron chi connectivity index (χ1n) is 23.3. The molecule has 11 aromatic carbocycles. The maximum atomic E-state index is 6.79. The van der Waals surface area contributed by atoms with Gasteiger partial charge in [-0.3, -0.25) is 0 Å². The average Bonchev–Trinajstić information content (AvgIpc) is 4.08. The molecular weight excluding hydrogens is 843 g/mol. The van der Waals surface area contributed by atoms with E-state index in [9.17, 15) is 0 Å². The summed E-state index contributed by atoms with van der Waals surface area (Å²) in [5.41, 5.74) is 16.6. The van der Waals surface area contributed by atoms with Gasteiger partial charge < -0.3 is 9.32 Å². The molecule has 68 heavy (non-hydrogen) atoms. The second-order valence-electron chi connectivity index (χ2n) is 17.9. The highest BCUT2D eigenvalue weighted by atomic mass is 32.1. The summed E-state index contributed by atoms with van der Waals surface area (Å²) in [6.45, 7) is 0. The Labute approximate surface area is 398 Å². The minimum Gasteiger partial charge on any atom is -0.455 e. The molecule has 13 aromatic rings. The van der Waals surface area contributed by atoms with Gasteiger partial charge in [0.15, 0.2) is 0 Å². The molecule has 2 aromatic heterocycles. The largest absolute Gasteiger partial charge is 0.455 e. The molecule has 3 heteroatoms. The Morgan fingerprint density at radius 2 is 0.985 bits per heavy atom. The summed E-state index contributed by atoms with van der Waals surface area (Å²) in [5.74, 6) is 0. The smallest absolute Gasteiger partial charge is 0.143 e. The maximum absolute atomic E-state index is 6.79. The summed E-state index contributed by atoms with van der Waals surface area (Å²) >= 11 is 1.86. The van der Waals surface area contributed by atoms with Crippen LogP contribution in [-0.4, -0.2) is 0 Å². The van der Waals surface area contributed by atoms with Crippen LogP contribution in [-0.2, 0) is 5.41 Å². The number of furan rings is 1. The van der Waals surface area contributed by atoms with Crippen molar-refractivity contribution >= 4 is 81.3 Å². The van der Waals surface area contributed by atoms with Crippen LogP contribution >= 0.6 is 11.3 Å². The summed E-state index contributed by atoms with van der Waals surface area (Å²) in [6.07, 6.45) is 0. The second kappa shape index (κ2) is 15.3. The van der Waals surface area contributed by atoms with Crippen molar-refractivity contribution in [2.45, 2.75) is 5.41 Å². The molecule has 0 saturated carbocycles. The van der Waals surface area contributed by atoms with Crippen molar-refractivity contribution in [3.05, 3.63) is 271 Å². The zero-order valence-corrected chi connectivity index (χ0v) is 37.8. The van der Waals surface area contributed by atoms with Crippen molar-refractivity contribution in [2.24, 2.45) is 0 Å². The van der Waals surface area contributed by atoms with Crippen molar-refractivity contribution in [2.75, 3.05) is 4.90 Å². The molecule has 0 amide bonds. The molecule has 0 spiro atoms. The van der Waals surface area contributed by atoms with E-state index in [-0.39, 0.29) is 0 Å². The highest BCUT2D eigenvalue weighted by Crippen LogP contribution is 2.60. The van der Waals surface area contributed by atoms with Crippen molar-refractivity contribution in [1.29, 1.82) is 0 Å². The van der Waals surface area contributed by atoms with Gasteiger partial charge in [0.2, 0.25) is 0 Å². The molecule has 0 fully saturated rings. The monoisotopic (exact) mass is 883 g/mol.